The minimum Gasteiger partial charge on any atom is -0.422 e. The summed E-state index contributed by atoms with van der Waals surface area (Å²) in [5, 5.41) is 13.6. The highest BCUT2D eigenvalue weighted by molar-refractivity contribution is 9.08. The Hall–Kier alpha value is -4.65. The first kappa shape index (κ1) is 29.3. The Kier molecular flexibility index (Phi) is 8.47. The third-order valence-corrected chi connectivity index (χ3v) is 6.41. The highest BCUT2D eigenvalue weighted by Crippen LogP contribution is 2.38. The molecule has 0 heterocycles. The van der Waals surface area contributed by atoms with E-state index in [1.165, 1.54) is 18.2 Å². The van der Waals surface area contributed by atoms with E-state index in [0.717, 1.165) is 24.3 Å². The summed E-state index contributed by atoms with van der Waals surface area (Å²) in [5.74, 6) is -4.06. The van der Waals surface area contributed by atoms with Gasteiger partial charge in [0.25, 0.3) is 11.6 Å². The summed E-state index contributed by atoms with van der Waals surface area (Å²) < 4.78 is 73.7. The molecule has 0 unspecified atom stereocenters. The molecule has 1 N–H and O–H groups in total. The fourth-order valence-electron chi connectivity index (χ4n) is 3.88. The van der Waals surface area contributed by atoms with Crippen LogP contribution in [0.25, 0.3) is 11.1 Å². The molecule has 0 fully saturated rings. The zero-order chi connectivity index (χ0) is 29.9. The van der Waals surface area contributed by atoms with Crippen molar-refractivity contribution < 1.29 is 41.2 Å². The highest BCUT2D eigenvalue weighted by Gasteiger charge is 2.38. The number of hydrogen-bond donors (Lipinski definition) is 1. The van der Waals surface area contributed by atoms with Crippen molar-refractivity contribution >= 4 is 39.2 Å². The van der Waals surface area contributed by atoms with Crippen molar-refractivity contribution in [3.05, 3.63) is 123 Å². The van der Waals surface area contributed by atoms with Crippen LogP contribution in [0.4, 0.5) is 33.3 Å². The number of alkyl halides is 4. The van der Waals surface area contributed by atoms with E-state index in [-0.39, 0.29) is 28.0 Å². The van der Waals surface area contributed by atoms with Gasteiger partial charge in [0.05, 0.1) is 16.1 Å². The van der Waals surface area contributed by atoms with Crippen LogP contribution in [0.5, 0.6) is 5.75 Å². The second kappa shape index (κ2) is 11.8. The molecule has 0 saturated carbocycles. The van der Waals surface area contributed by atoms with E-state index in [1.807, 2.05) is 0 Å². The van der Waals surface area contributed by atoms with Crippen molar-refractivity contribution in [2.75, 3.05) is 5.32 Å². The van der Waals surface area contributed by atoms with Gasteiger partial charge in [0, 0.05) is 28.7 Å². The molecular weight excluding hydrogens is 619 g/mol. The van der Waals surface area contributed by atoms with Gasteiger partial charge in [-0.2, -0.15) is 13.2 Å². The van der Waals surface area contributed by atoms with Crippen molar-refractivity contribution in [1.82, 2.24) is 0 Å². The quantitative estimate of drug-likeness (QED) is 0.0556. The number of amides is 1. The lowest BCUT2D eigenvalue weighted by atomic mass is 10.0. The van der Waals surface area contributed by atoms with E-state index in [4.69, 9.17) is 4.74 Å². The molecule has 7 nitrogen and oxygen atoms in total. The number of esters is 1. The molecule has 4 rings (SSSR count). The molecule has 210 valence electrons. The molecule has 0 aliphatic heterocycles. The second-order valence-electron chi connectivity index (χ2n) is 8.46. The van der Waals surface area contributed by atoms with Gasteiger partial charge in [0.1, 0.15) is 22.9 Å². The maximum absolute atomic E-state index is 14.5. The van der Waals surface area contributed by atoms with Gasteiger partial charge >= 0.3 is 12.1 Å². The molecule has 13 heteroatoms. The summed E-state index contributed by atoms with van der Waals surface area (Å²) in [5.41, 5.74) is -2.97. The third-order valence-electron chi connectivity index (χ3n) is 5.81. The Balaban J connectivity index is 1.77. The number of nitro groups is 1. The van der Waals surface area contributed by atoms with E-state index >= 15 is 0 Å². The van der Waals surface area contributed by atoms with Crippen LogP contribution in [0.15, 0.2) is 78.9 Å². The summed E-state index contributed by atoms with van der Waals surface area (Å²) >= 11 is 3.26. The summed E-state index contributed by atoms with van der Waals surface area (Å²) in [6.07, 6.45) is -5.10. The smallest absolute Gasteiger partial charge is 0.422 e. The molecule has 1 amide bonds. The first-order valence-corrected chi connectivity index (χ1v) is 12.6. The van der Waals surface area contributed by atoms with E-state index in [9.17, 15) is 41.7 Å². The number of nitrogens with zero attached hydrogens (tertiary/aromatic N) is 1. The molecular formula is C28H16BrF5N2O5. The highest BCUT2D eigenvalue weighted by atomic mass is 79.9. The summed E-state index contributed by atoms with van der Waals surface area (Å²) in [7, 11) is 0. The topological polar surface area (TPSA) is 98.5 Å². The van der Waals surface area contributed by atoms with Crippen LogP contribution >= 0.6 is 15.9 Å². The fraction of sp³-hybridized carbons (Fsp3) is 0.0714. The number of hydrogen-bond acceptors (Lipinski definition) is 5. The van der Waals surface area contributed by atoms with Crippen LogP contribution in [0.3, 0.4) is 0 Å². The van der Waals surface area contributed by atoms with Crippen molar-refractivity contribution in [3.8, 4) is 16.9 Å². The molecule has 4 aromatic rings. The molecule has 41 heavy (non-hydrogen) atoms. The number of carbonyl (C=O) groups is 2. The maximum Gasteiger partial charge on any atom is 0.423 e. The van der Waals surface area contributed by atoms with Crippen molar-refractivity contribution in [1.29, 1.82) is 0 Å². The minimum atomic E-state index is -5.10. The zero-order valence-electron chi connectivity index (χ0n) is 20.5. The van der Waals surface area contributed by atoms with Crippen LogP contribution in [0.2, 0.25) is 0 Å². The van der Waals surface area contributed by atoms with Crippen molar-refractivity contribution in [2.45, 2.75) is 11.5 Å². The Labute approximate surface area is 236 Å². The predicted molar refractivity (Wildman–Crippen MR) is 142 cm³/mol. The fourth-order valence-corrected chi connectivity index (χ4v) is 4.37. The lowest BCUT2D eigenvalue weighted by molar-refractivity contribution is -0.388. The molecule has 0 atom stereocenters. The summed E-state index contributed by atoms with van der Waals surface area (Å²) in [4.78, 5) is 36.1. The van der Waals surface area contributed by atoms with Gasteiger partial charge in [-0.15, -0.1) is 0 Å². The first-order chi connectivity index (χ1) is 19.4. The number of rotatable bonds is 7. The predicted octanol–water partition coefficient (Wildman–Crippen LogP) is 7.93. The monoisotopic (exact) mass is 634 g/mol. The van der Waals surface area contributed by atoms with E-state index in [0.29, 0.717) is 29.1 Å². The first-order valence-electron chi connectivity index (χ1n) is 11.5. The molecule has 0 aliphatic rings. The molecule has 0 aliphatic carbocycles. The lowest BCUT2D eigenvalue weighted by Crippen LogP contribution is -2.18. The normalized spacial score (nSPS) is 11.2. The number of halogens is 6. The second-order valence-corrected chi connectivity index (χ2v) is 9.02. The standard InChI is InChI=1S/C28H16BrF5N2O5/c29-14-16-3-1-2-4-20(16)27(38)41-25-10-5-15(19-8-6-17(30)12-23(19)31)11-21(25)26(37)35-18-7-9-24(36(39)40)22(13-18)28(32,33)34/h1-13H,14H2,(H,35,37). The van der Waals surface area contributed by atoms with Crippen LogP contribution in [0.1, 0.15) is 31.8 Å². The maximum atomic E-state index is 14.5. The van der Waals surface area contributed by atoms with Crippen molar-refractivity contribution in [3.63, 3.8) is 0 Å². The van der Waals surface area contributed by atoms with E-state index in [2.05, 4.69) is 21.2 Å². The Morgan fingerprint density at radius 1 is 0.927 bits per heavy atom. The Bertz CT molecular complexity index is 1680. The zero-order valence-corrected chi connectivity index (χ0v) is 22.1. The SMILES string of the molecule is O=C(Oc1ccc(-c2ccc(F)cc2F)cc1C(=O)Nc1ccc([N+](=O)[O-])c(C(F)(F)F)c1)c1ccccc1CBr. The van der Waals surface area contributed by atoms with Gasteiger partial charge in [-0.25, -0.2) is 13.6 Å². The molecule has 0 spiro atoms. The van der Waals surface area contributed by atoms with Crippen LogP contribution < -0.4 is 10.1 Å². The molecule has 0 radical (unpaired) electrons. The minimum absolute atomic E-state index is 0.0630. The number of anilines is 1. The number of nitro benzene ring substituents is 1. The van der Waals surface area contributed by atoms with Crippen LogP contribution in [0, 0.1) is 21.7 Å². The van der Waals surface area contributed by atoms with Crippen LogP contribution in [-0.2, 0) is 11.5 Å². The van der Waals surface area contributed by atoms with Gasteiger partial charge in [0.2, 0.25) is 0 Å². The van der Waals surface area contributed by atoms with Gasteiger partial charge in [-0.1, -0.05) is 40.2 Å². The number of benzene rings is 4. The lowest BCUT2D eigenvalue weighted by Gasteiger charge is -2.15. The number of ether oxygens (including phenoxy) is 1. The van der Waals surface area contributed by atoms with E-state index in [1.54, 1.807) is 18.2 Å². The van der Waals surface area contributed by atoms with Gasteiger partial charge in [-0.3, -0.25) is 14.9 Å². The Morgan fingerprint density at radius 2 is 1.66 bits per heavy atom. The largest absolute Gasteiger partial charge is 0.423 e. The van der Waals surface area contributed by atoms with Gasteiger partial charge in [-0.05, 0) is 53.6 Å². The third kappa shape index (κ3) is 6.57. The molecule has 0 aromatic heterocycles. The summed E-state index contributed by atoms with van der Waals surface area (Å²) in [6.45, 7) is 0. The number of carbonyl (C=O) groups excluding carboxylic acids is 2. The molecule has 0 saturated heterocycles. The molecule has 4 aromatic carbocycles. The average Bonchev–Trinajstić information content (AvgIpc) is 2.92. The van der Waals surface area contributed by atoms with Crippen molar-refractivity contribution in [2.24, 2.45) is 0 Å². The van der Waals surface area contributed by atoms with Gasteiger partial charge < -0.3 is 10.1 Å². The van der Waals surface area contributed by atoms with Crippen LogP contribution in [-0.4, -0.2) is 16.8 Å². The Morgan fingerprint density at radius 3 is 2.32 bits per heavy atom. The van der Waals surface area contributed by atoms with E-state index < -0.39 is 51.5 Å². The molecule has 0 bridgehead atoms. The average molecular weight is 635 g/mol. The summed E-state index contributed by atoms with van der Waals surface area (Å²) in [6, 6.07) is 14.6. The number of nitrogens with one attached hydrogen (secondary N) is 1. The van der Waals surface area contributed by atoms with Gasteiger partial charge in [0.15, 0.2) is 0 Å².